The van der Waals surface area contributed by atoms with Crippen LogP contribution in [0.1, 0.15) is 27.8 Å². The second kappa shape index (κ2) is 6.22. The Kier molecular flexibility index (Phi) is 4.79. The summed E-state index contributed by atoms with van der Waals surface area (Å²) in [6, 6.07) is 11.1. The molecule has 3 rings (SSSR count). The third kappa shape index (κ3) is 3.47. The molecule has 0 unspecified atom stereocenters. The summed E-state index contributed by atoms with van der Waals surface area (Å²) in [5.41, 5.74) is 4.70. The Morgan fingerprint density at radius 1 is 1.00 bits per heavy atom. The van der Waals surface area contributed by atoms with E-state index in [2.05, 4.69) is 51.1 Å². The van der Waals surface area contributed by atoms with Crippen molar-refractivity contribution in [3.8, 4) is 11.1 Å². The van der Waals surface area contributed by atoms with Crippen LogP contribution >= 0.6 is 0 Å². The quantitative estimate of drug-likeness (QED) is 0.473. The molecule has 0 radical (unpaired) electrons. The Morgan fingerprint density at radius 2 is 1.54 bits per heavy atom. The van der Waals surface area contributed by atoms with Gasteiger partial charge < -0.3 is 0 Å². The van der Waals surface area contributed by atoms with Crippen molar-refractivity contribution in [2.75, 3.05) is 0 Å². The van der Waals surface area contributed by atoms with Gasteiger partial charge in [0.2, 0.25) is 0 Å². The molecule has 1 N–H and O–H groups in total. The fourth-order valence-electron chi connectivity index (χ4n) is 2.73. The van der Waals surface area contributed by atoms with Crippen LogP contribution in [0, 0.1) is 20.8 Å². The molecular formula is C17H17F3O3S. The molecular weight excluding hydrogens is 341 g/mol. The number of hydrogen-bond acceptors (Lipinski definition) is 2. The summed E-state index contributed by atoms with van der Waals surface area (Å²) in [5.74, 6) is 0. The maximum atomic E-state index is 10.7. The number of halogens is 3. The third-order valence-electron chi connectivity index (χ3n) is 4.26. The zero-order valence-corrected chi connectivity index (χ0v) is 14.2. The Balaban J connectivity index is 0.000000224. The first-order valence-electron chi connectivity index (χ1n) is 7.15. The fraction of sp³-hybridized carbons (Fsp3) is 0.294. The summed E-state index contributed by atoms with van der Waals surface area (Å²) < 4.78 is 57.5. The van der Waals surface area contributed by atoms with E-state index >= 15 is 0 Å². The van der Waals surface area contributed by atoms with E-state index in [0.717, 1.165) is 6.42 Å². The first-order valence-corrected chi connectivity index (χ1v) is 8.59. The number of benzene rings is 2. The van der Waals surface area contributed by atoms with Gasteiger partial charge in [-0.15, -0.1) is 0 Å². The van der Waals surface area contributed by atoms with Gasteiger partial charge in [0.1, 0.15) is 0 Å². The van der Waals surface area contributed by atoms with Crippen molar-refractivity contribution in [2.24, 2.45) is 0 Å². The van der Waals surface area contributed by atoms with Gasteiger partial charge in [-0.25, -0.2) is 0 Å². The van der Waals surface area contributed by atoms with Crippen molar-refractivity contribution < 1.29 is 26.1 Å². The van der Waals surface area contributed by atoms with Crippen LogP contribution in [0.4, 0.5) is 13.2 Å². The van der Waals surface area contributed by atoms with E-state index in [1.165, 1.54) is 38.9 Å². The van der Waals surface area contributed by atoms with Gasteiger partial charge in [-0.3, -0.25) is 4.55 Å². The average Bonchev–Trinajstić information content (AvgIpc) is 2.82. The van der Waals surface area contributed by atoms with E-state index < -0.39 is 15.6 Å². The molecule has 0 spiro atoms. The standard InChI is InChI=1S/C16H16.CHF3O3S/c1-10-8-16-14-7-5-4-6-13(14)9-15(16)12(3)11(10)2;2-1(3,4)8(5,6)7/h4-8H,9H2,1-3H3;(H,5,6,7). The highest BCUT2D eigenvalue weighted by molar-refractivity contribution is 7.86. The normalized spacial score (nSPS) is 13.0. The monoisotopic (exact) mass is 358 g/mol. The third-order valence-corrected chi connectivity index (χ3v) is 4.84. The molecule has 24 heavy (non-hydrogen) atoms. The zero-order chi connectivity index (χ0) is 18.3. The van der Waals surface area contributed by atoms with Crippen LogP contribution in [0.25, 0.3) is 11.1 Å². The first kappa shape index (κ1) is 18.5. The predicted octanol–water partition coefficient (Wildman–Crippen LogP) is 4.58. The van der Waals surface area contributed by atoms with Gasteiger partial charge in [0.25, 0.3) is 0 Å². The highest BCUT2D eigenvalue weighted by Crippen LogP contribution is 2.39. The van der Waals surface area contributed by atoms with E-state index in [1.807, 2.05) is 0 Å². The SMILES string of the molecule is Cc1cc2c(c(C)c1C)Cc1ccccc1-2.O=S(=O)(O)C(F)(F)F. The Labute approximate surface area is 138 Å². The average molecular weight is 358 g/mol. The van der Waals surface area contributed by atoms with Gasteiger partial charge in [0, 0.05) is 0 Å². The van der Waals surface area contributed by atoms with Crippen LogP contribution < -0.4 is 0 Å². The van der Waals surface area contributed by atoms with Crippen LogP contribution in [0.2, 0.25) is 0 Å². The van der Waals surface area contributed by atoms with Crippen molar-refractivity contribution in [1.82, 2.24) is 0 Å². The molecule has 0 aliphatic heterocycles. The molecule has 0 atom stereocenters. The molecule has 2 aromatic rings. The predicted molar refractivity (Wildman–Crippen MR) is 86.5 cm³/mol. The van der Waals surface area contributed by atoms with E-state index in [4.69, 9.17) is 13.0 Å². The molecule has 3 nitrogen and oxygen atoms in total. The highest BCUT2D eigenvalue weighted by atomic mass is 32.2. The van der Waals surface area contributed by atoms with Gasteiger partial charge in [-0.2, -0.15) is 21.6 Å². The van der Waals surface area contributed by atoms with Gasteiger partial charge in [-0.1, -0.05) is 30.3 Å². The topological polar surface area (TPSA) is 54.4 Å². The van der Waals surface area contributed by atoms with Gasteiger partial charge in [0.15, 0.2) is 0 Å². The number of alkyl halides is 3. The second-order valence-electron chi connectivity index (χ2n) is 5.72. The zero-order valence-electron chi connectivity index (χ0n) is 13.4. The lowest BCUT2D eigenvalue weighted by Crippen LogP contribution is -2.21. The van der Waals surface area contributed by atoms with Crippen molar-refractivity contribution in [2.45, 2.75) is 32.7 Å². The second-order valence-corrected chi connectivity index (χ2v) is 7.14. The van der Waals surface area contributed by atoms with Gasteiger partial charge >= 0.3 is 15.6 Å². The molecule has 0 heterocycles. The Bertz CT molecular complexity index is 885. The maximum absolute atomic E-state index is 10.7. The molecule has 7 heteroatoms. The molecule has 0 fully saturated rings. The van der Waals surface area contributed by atoms with Crippen molar-refractivity contribution in [1.29, 1.82) is 0 Å². The van der Waals surface area contributed by atoms with Crippen LogP contribution in [0.3, 0.4) is 0 Å². The van der Waals surface area contributed by atoms with E-state index in [0.29, 0.717) is 0 Å². The molecule has 130 valence electrons. The minimum absolute atomic E-state index is 1.11. The van der Waals surface area contributed by atoms with Gasteiger partial charge in [-0.05, 0) is 66.1 Å². The summed E-state index contributed by atoms with van der Waals surface area (Å²) >= 11 is 0. The van der Waals surface area contributed by atoms with Crippen molar-refractivity contribution >= 4 is 10.1 Å². The minimum atomic E-state index is -5.84. The molecule has 1 aliphatic rings. The summed E-state index contributed by atoms with van der Waals surface area (Å²) in [6.45, 7) is 6.70. The minimum Gasteiger partial charge on any atom is -0.279 e. The van der Waals surface area contributed by atoms with Crippen LogP contribution in [0.15, 0.2) is 30.3 Å². The maximum Gasteiger partial charge on any atom is 0.522 e. The number of aryl methyl sites for hydroxylation is 1. The first-order chi connectivity index (χ1) is 10.9. The molecule has 0 saturated carbocycles. The van der Waals surface area contributed by atoms with E-state index in [-0.39, 0.29) is 0 Å². The lowest BCUT2D eigenvalue weighted by Gasteiger charge is -2.11. The molecule has 1 aliphatic carbocycles. The highest BCUT2D eigenvalue weighted by Gasteiger charge is 2.44. The summed E-state index contributed by atoms with van der Waals surface area (Å²) in [6.07, 6.45) is 1.11. The lowest BCUT2D eigenvalue weighted by atomic mass is 9.94. The Morgan fingerprint density at radius 3 is 2.08 bits per heavy atom. The molecule has 2 aromatic carbocycles. The number of rotatable bonds is 0. The summed E-state index contributed by atoms with van der Waals surface area (Å²) in [5, 5.41) is 0. The van der Waals surface area contributed by atoms with Crippen molar-refractivity contribution in [3.05, 3.63) is 58.1 Å². The van der Waals surface area contributed by atoms with Crippen LogP contribution in [-0.4, -0.2) is 18.5 Å². The van der Waals surface area contributed by atoms with E-state index in [9.17, 15) is 13.2 Å². The summed E-state index contributed by atoms with van der Waals surface area (Å²) in [4.78, 5) is 0. The number of fused-ring (bicyclic) bond motifs is 3. The smallest absolute Gasteiger partial charge is 0.279 e. The summed E-state index contributed by atoms with van der Waals surface area (Å²) in [7, 11) is -5.84. The number of hydrogen-bond donors (Lipinski definition) is 1. The molecule has 0 bridgehead atoms. The van der Waals surface area contributed by atoms with Crippen molar-refractivity contribution in [3.63, 3.8) is 0 Å². The largest absolute Gasteiger partial charge is 0.522 e. The van der Waals surface area contributed by atoms with Crippen LogP contribution in [0.5, 0.6) is 0 Å². The van der Waals surface area contributed by atoms with E-state index in [1.54, 1.807) is 0 Å². The molecule has 0 saturated heterocycles. The van der Waals surface area contributed by atoms with Gasteiger partial charge in [0.05, 0.1) is 0 Å². The molecule has 0 aromatic heterocycles. The molecule has 0 amide bonds. The van der Waals surface area contributed by atoms with Crippen LogP contribution in [-0.2, 0) is 16.5 Å². The fourth-order valence-corrected chi connectivity index (χ4v) is 2.73. The Hall–Kier alpha value is -1.86. The lowest BCUT2D eigenvalue weighted by molar-refractivity contribution is -0.0510.